The Morgan fingerprint density at radius 2 is 2.10 bits per heavy atom. The number of hydrogen-bond donors (Lipinski definition) is 2. The van der Waals surface area contributed by atoms with Gasteiger partial charge in [-0.15, -0.1) is 0 Å². The fourth-order valence-electron chi connectivity index (χ4n) is 2.01. The third kappa shape index (κ3) is 4.35. The summed E-state index contributed by atoms with van der Waals surface area (Å²) in [6.45, 7) is 3.80. The molecule has 0 aliphatic carbocycles. The van der Waals surface area contributed by atoms with E-state index in [4.69, 9.17) is 10.5 Å². The van der Waals surface area contributed by atoms with Crippen LogP contribution in [0.2, 0.25) is 0 Å². The number of nitrogens with one attached hydrogen (secondary N) is 1. The van der Waals surface area contributed by atoms with E-state index in [2.05, 4.69) is 5.32 Å². The highest BCUT2D eigenvalue weighted by Crippen LogP contribution is 2.20. The van der Waals surface area contributed by atoms with Gasteiger partial charge in [0.25, 0.3) is 0 Å². The first-order valence-corrected chi connectivity index (χ1v) is 6.73. The number of nitrogens with two attached hydrogens (primary N) is 1. The summed E-state index contributed by atoms with van der Waals surface area (Å²) in [6, 6.07) is 5.00. The van der Waals surface area contributed by atoms with Gasteiger partial charge in [-0.2, -0.15) is 0 Å². The smallest absolute Gasteiger partial charge is 0.338 e. The SMILES string of the molecule is CCCC(N)CC(=O)Nc1cccc(C(=O)OC)c1C. The van der Waals surface area contributed by atoms with Crippen LogP contribution in [0.3, 0.4) is 0 Å². The van der Waals surface area contributed by atoms with Gasteiger partial charge in [0.2, 0.25) is 5.91 Å². The first-order valence-electron chi connectivity index (χ1n) is 6.73. The lowest BCUT2D eigenvalue weighted by atomic mass is 10.1. The first kappa shape index (κ1) is 16.2. The Morgan fingerprint density at radius 3 is 2.70 bits per heavy atom. The van der Waals surface area contributed by atoms with Crippen molar-refractivity contribution in [3.05, 3.63) is 29.3 Å². The Balaban J connectivity index is 2.78. The Hall–Kier alpha value is -1.88. The largest absolute Gasteiger partial charge is 0.465 e. The average molecular weight is 278 g/mol. The first-order chi connectivity index (χ1) is 9.49. The summed E-state index contributed by atoms with van der Waals surface area (Å²) in [5.74, 6) is -0.558. The van der Waals surface area contributed by atoms with Gasteiger partial charge in [0, 0.05) is 18.2 Å². The van der Waals surface area contributed by atoms with Crippen molar-refractivity contribution in [3.63, 3.8) is 0 Å². The molecule has 5 heteroatoms. The molecule has 0 heterocycles. The second-order valence-electron chi connectivity index (χ2n) is 4.77. The number of hydrogen-bond acceptors (Lipinski definition) is 4. The van der Waals surface area contributed by atoms with Gasteiger partial charge in [-0.1, -0.05) is 19.4 Å². The van der Waals surface area contributed by atoms with Crippen molar-refractivity contribution >= 4 is 17.6 Å². The maximum absolute atomic E-state index is 11.9. The van der Waals surface area contributed by atoms with E-state index in [0.29, 0.717) is 16.8 Å². The summed E-state index contributed by atoms with van der Waals surface area (Å²) in [5, 5.41) is 2.79. The van der Waals surface area contributed by atoms with Gasteiger partial charge in [-0.3, -0.25) is 4.79 Å². The molecule has 0 spiro atoms. The van der Waals surface area contributed by atoms with E-state index >= 15 is 0 Å². The van der Waals surface area contributed by atoms with E-state index in [1.54, 1.807) is 25.1 Å². The van der Waals surface area contributed by atoms with Crippen LogP contribution in [0.25, 0.3) is 0 Å². The van der Waals surface area contributed by atoms with Crippen LogP contribution in [-0.4, -0.2) is 25.0 Å². The monoisotopic (exact) mass is 278 g/mol. The van der Waals surface area contributed by atoms with Crippen molar-refractivity contribution in [2.24, 2.45) is 5.73 Å². The maximum atomic E-state index is 11.9. The third-order valence-electron chi connectivity index (χ3n) is 3.12. The Bertz CT molecular complexity index is 486. The number of amides is 1. The average Bonchev–Trinajstić information content (AvgIpc) is 2.40. The Morgan fingerprint density at radius 1 is 1.40 bits per heavy atom. The molecule has 20 heavy (non-hydrogen) atoms. The predicted octanol–water partition coefficient (Wildman–Crippen LogP) is 2.24. The quantitative estimate of drug-likeness (QED) is 0.782. The molecule has 0 radical (unpaired) electrons. The second kappa shape index (κ2) is 7.65. The van der Waals surface area contributed by atoms with Crippen LogP contribution < -0.4 is 11.1 Å². The van der Waals surface area contributed by atoms with Crippen molar-refractivity contribution in [1.29, 1.82) is 0 Å². The molecule has 1 rings (SSSR count). The lowest BCUT2D eigenvalue weighted by Gasteiger charge is -2.13. The molecule has 5 nitrogen and oxygen atoms in total. The molecule has 0 bridgehead atoms. The molecule has 0 saturated carbocycles. The predicted molar refractivity (Wildman–Crippen MR) is 78.6 cm³/mol. The third-order valence-corrected chi connectivity index (χ3v) is 3.12. The van der Waals surface area contributed by atoms with Gasteiger partial charge in [0.15, 0.2) is 0 Å². The summed E-state index contributed by atoms with van der Waals surface area (Å²) in [4.78, 5) is 23.5. The van der Waals surface area contributed by atoms with E-state index < -0.39 is 5.97 Å². The number of carbonyl (C=O) groups excluding carboxylic acids is 2. The van der Waals surface area contributed by atoms with Crippen LogP contribution in [0, 0.1) is 6.92 Å². The van der Waals surface area contributed by atoms with Crippen LogP contribution in [0.15, 0.2) is 18.2 Å². The van der Waals surface area contributed by atoms with Crippen molar-refractivity contribution in [2.75, 3.05) is 12.4 Å². The fraction of sp³-hybridized carbons (Fsp3) is 0.467. The minimum absolute atomic E-state index is 0.135. The number of benzene rings is 1. The number of esters is 1. The number of methoxy groups -OCH3 is 1. The summed E-state index contributed by atoms with van der Waals surface area (Å²) in [7, 11) is 1.33. The zero-order valence-corrected chi connectivity index (χ0v) is 12.2. The Labute approximate surface area is 119 Å². The highest BCUT2D eigenvalue weighted by atomic mass is 16.5. The minimum atomic E-state index is -0.415. The molecule has 1 unspecified atom stereocenters. The standard InChI is InChI=1S/C15H22N2O3/c1-4-6-11(16)9-14(18)17-13-8-5-7-12(10(13)2)15(19)20-3/h5,7-8,11H,4,6,9,16H2,1-3H3,(H,17,18). The van der Waals surface area contributed by atoms with Crippen molar-refractivity contribution in [2.45, 2.75) is 39.2 Å². The molecule has 3 N–H and O–H groups in total. The molecular weight excluding hydrogens is 256 g/mol. The molecule has 1 aromatic rings. The molecule has 1 atom stereocenters. The van der Waals surface area contributed by atoms with Gasteiger partial charge < -0.3 is 15.8 Å². The minimum Gasteiger partial charge on any atom is -0.465 e. The molecule has 0 saturated heterocycles. The van der Waals surface area contributed by atoms with Crippen molar-refractivity contribution in [3.8, 4) is 0 Å². The van der Waals surface area contributed by atoms with Crippen LogP contribution in [-0.2, 0) is 9.53 Å². The van der Waals surface area contributed by atoms with Gasteiger partial charge in [0.1, 0.15) is 0 Å². The maximum Gasteiger partial charge on any atom is 0.338 e. The van der Waals surface area contributed by atoms with E-state index in [9.17, 15) is 9.59 Å². The van der Waals surface area contributed by atoms with Crippen molar-refractivity contribution < 1.29 is 14.3 Å². The van der Waals surface area contributed by atoms with E-state index in [-0.39, 0.29) is 18.4 Å². The van der Waals surface area contributed by atoms with Gasteiger partial charge in [0.05, 0.1) is 12.7 Å². The van der Waals surface area contributed by atoms with Crippen LogP contribution >= 0.6 is 0 Å². The molecule has 0 aliphatic heterocycles. The molecule has 0 aromatic heterocycles. The van der Waals surface area contributed by atoms with Gasteiger partial charge in [-0.05, 0) is 31.0 Å². The zero-order valence-electron chi connectivity index (χ0n) is 12.2. The fourth-order valence-corrected chi connectivity index (χ4v) is 2.01. The summed E-state index contributed by atoms with van der Waals surface area (Å²) < 4.78 is 4.70. The van der Waals surface area contributed by atoms with Crippen LogP contribution in [0.5, 0.6) is 0 Å². The zero-order chi connectivity index (χ0) is 15.1. The molecule has 0 fully saturated rings. The van der Waals surface area contributed by atoms with E-state index in [1.165, 1.54) is 7.11 Å². The molecule has 110 valence electrons. The van der Waals surface area contributed by atoms with E-state index in [1.807, 2.05) is 6.92 Å². The molecule has 1 aromatic carbocycles. The van der Waals surface area contributed by atoms with Crippen LogP contribution in [0.4, 0.5) is 5.69 Å². The second-order valence-corrected chi connectivity index (χ2v) is 4.77. The Kier molecular flexibility index (Phi) is 6.18. The number of anilines is 1. The summed E-state index contributed by atoms with van der Waals surface area (Å²) in [6.07, 6.45) is 2.04. The number of rotatable bonds is 6. The number of carbonyl (C=O) groups is 2. The summed E-state index contributed by atoms with van der Waals surface area (Å²) in [5.41, 5.74) is 7.59. The van der Waals surface area contributed by atoms with Gasteiger partial charge in [-0.25, -0.2) is 4.79 Å². The molecular formula is C15H22N2O3. The highest BCUT2D eigenvalue weighted by molar-refractivity contribution is 5.96. The lowest BCUT2D eigenvalue weighted by Crippen LogP contribution is -2.27. The van der Waals surface area contributed by atoms with Gasteiger partial charge >= 0.3 is 5.97 Å². The lowest BCUT2D eigenvalue weighted by molar-refractivity contribution is -0.116. The topological polar surface area (TPSA) is 81.4 Å². The molecule has 1 amide bonds. The van der Waals surface area contributed by atoms with Crippen molar-refractivity contribution in [1.82, 2.24) is 0 Å². The van der Waals surface area contributed by atoms with E-state index in [0.717, 1.165) is 12.8 Å². The number of ether oxygens (including phenoxy) is 1. The summed E-state index contributed by atoms with van der Waals surface area (Å²) >= 11 is 0. The normalized spacial score (nSPS) is 11.8. The molecule has 0 aliphatic rings. The van der Waals surface area contributed by atoms with Crippen LogP contribution in [0.1, 0.15) is 42.1 Å². The highest BCUT2D eigenvalue weighted by Gasteiger charge is 2.14.